The molecule has 0 bridgehead atoms. The highest BCUT2D eigenvalue weighted by Gasteiger charge is 2.20. The van der Waals surface area contributed by atoms with Crippen LogP contribution in [-0.2, 0) is 17.8 Å². The lowest BCUT2D eigenvalue weighted by molar-refractivity contribution is -0.132. The van der Waals surface area contributed by atoms with Crippen LogP contribution in [-0.4, -0.2) is 45.2 Å². The van der Waals surface area contributed by atoms with E-state index in [4.69, 9.17) is 0 Å². The zero-order valence-electron chi connectivity index (χ0n) is 17.0. The number of rotatable bonds is 8. The van der Waals surface area contributed by atoms with Gasteiger partial charge in [0.2, 0.25) is 5.91 Å². The van der Waals surface area contributed by atoms with E-state index in [1.165, 1.54) is 11.1 Å². The quantitative estimate of drug-likeness (QED) is 0.786. The van der Waals surface area contributed by atoms with Crippen molar-refractivity contribution < 1.29 is 9.90 Å². The van der Waals surface area contributed by atoms with E-state index in [1.807, 2.05) is 9.47 Å². The van der Waals surface area contributed by atoms with Crippen molar-refractivity contribution in [2.45, 2.75) is 54.5 Å². The van der Waals surface area contributed by atoms with Gasteiger partial charge in [-0.15, -0.1) is 0 Å². The smallest absolute Gasteiger partial charge is 0.242 e. The molecule has 5 heteroatoms. The number of carbonyl (C=O) groups is 1. The molecule has 0 atom stereocenters. The number of benzene rings is 1. The molecule has 0 radical (unpaired) electrons. The maximum Gasteiger partial charge on any atom is 0.242 e. The summed E-state index contributed by atoms with van der Waals surface area (Å²) in [6.45, 7) is 14.5. The molecule has 1 aromatic carbocycles. The zero-order chi connectivity index (χ0) is 19.4. The monoisotopic (exact) mass is 359 g/mol. The predicted octanol–water partition coefficient (Wildman–Crippen LogP) is 3.33. The summed E-state index contributed by atoms with van der Waals surface area (Å²) in [6.07, 6.45) is 0.453. The maximum atomic E-state index is 13.0. The largest absolute Gasteiger partial charge is 0.396 e. The van der Waals surface area contributed by atoms with Gasteiger partial charge in [-0.05, 0) is 48.9 Å². The fourth-order valence-corrected chi connectivity index (χ4v) is 3.29. The van der Waals surface area contributed by atoms with Crippen molar-refractivity contribution in [2.24, 2.45) is 11.8 Å². The van der Waals surface area contributed by atoms with Gasteiger partial charge < -0.3 is 14.6 Å². The summed E-state index contributed by atoms with van der Waals surface area (Å²) in [6, 6.07) is 4.16. The molecule has 0 aliphatic rings. The molecule has 0 unspecified atom stereocenters. The van der Waals surface area contributed by atoms with Crippen LogP contribution in [0.25, 0.3) is 11.0 Å². The van der Waals surface area contributed by atoms with Gasteiger partial charge >= 0.3 is 0 Å². The van der Waals surface area contributed by atoms with E-state index in [0.717, 1.165) is 29.9 Å². The molecule has 0 fully saturated rings. The number of amides is 1. The van der Waals surface area contributed by atoms with E-state index in [9.17, 15) is 9.90 Å². The molecule has 2 rings (SSSR count). The van der Waals surface area contributed by atoms with Gasteiger partial charge in [-0.2, -0.15) is 0 Å². The normalized spacial score (nSPS) is 11.7. The highest BCUT2D eigenvalue weighted by molar-refractivity contribution is 5.82. The molecule has 144 valence electrons. The van der Waals surface area contributed by atoms with E-state index in [-0.39, 0.29) is 19.1 Å². The number of aliphatic hydroxyl groups is 1. The van der Waals surface area contributed by atoms with Crippen LogP contribution in [0.4, 0.5) is 0 Å². The summed E-state index contributed by atoms with van der Waals surface area (Å²) < 4.78 is 1.98. The predicted molar refractivity (Wildman–Crippen MR) is 106 cm³/mol. The van der Waals surface area contributed by atoms with Crippen LogP contribution >= 0.6 is 0 Å². The molecule has 26 heavy (non-hydrogen) atoms. The summed E-state index contributed by atoms with van der Waals surface area (Å²) in [5.74, 6) is 1.75. The van der Waals surface area contributed by atoms with E-state index in [1.54, 1.807) is 0 Å². The first-order valence-electron chi connectivity index (χ1n) is 9.57. The van der Waals surface area contributed by atoms with E-state index in [0.29, 0.717) is 18.3 Å². The first-order chi connectivity index (χ1) is 12.2. The van der Waals surface area contributed by atoms with Crippen LogP contribution in [0.3, 0.4) is 0 Å². The van der Waals surface area contributed by atoms with Gasteiger partial charge in [-0.1, -0.05) is 27.7 Å². The number of aliphatic hydroxyl groups excluding tert-OH is 1. The highest BCUT2D eigenvalue weighted by atomic mass is 16.3. The Bertz CT molecular complexity index is 752. The maximum absolute atomic E-state index is 13.0. The number of imidazole rings is 1. The third-order valence-electron chi connectivity index (χ3n) is 4.60. The number of fused-ring (bicyclic) bond motifs is 1. The molecule has 0 saturated carbocycles. The standard InChI is InChI=1S/C21H33N3O2/c1-14(2)11-23(12-15(3)4)21(26)13-24-19-10-17(6)16(5)9-18(19)22-20(24)7-8-25/h9-10,14-15,25H,7-8,11-13H2,1-6H3. The zero-order valence-corrected chi connectivity index (χ0v) is 17.0. The van der Waals surface area contributed by atoms with Crippen molar-refractivity contribution in [1.82, 2.24) is 14.5 Å². The SMILES string of the molecule is Cc1cc2nc(CCO)n(CC(=O)N(CC(C)C)CC(C)C)c2cc1C. The average Bonchev–Trinajstić information content (AvgIpc) is 2.83. The molecule has 0 saturated heterocycles. The Labute approximate surface area is 157 Å². The molecule has 1 heterocycles. The lowest BCUT2D eigenvalue weighted by atomic mass is 10.1. The Balaban J connectivity index is 2.39. The Morgan fingerprint density at radius 2 is 1.69 bits per heavy atom. The molecule has 1 aromatic heterocycles. The average molecular weight is 360 g/mol. The van der Waals surface area contributed by atoms with Crippen molar-refractivity contribution in [3.05, 3.63) is 29.1 Å². The van der Waals surface area contributed by atoms with Crippen LogP contribution in [0.2, 0.25) is 0 Å². The van der Waals surface area contributed by atoms with Crippen LogP contribution in [0, 0.1) is 25.7 Å². The van der Waals surface area contributed by atoms with E-state index in [2.05, 4.69) is 58.7 Å². The fourth-order valence-electron chi connectivity index (χ4n) is 3.29. The van der Waals surface area contributed by atoms with Crippen molar-refractivity contribution >= 4 is 16.9 Å². The third-order valence-corrected chi connectivity index (χ3v) is 4.60. The van der Waals surface area contributed by atoms with Crippen molar-refractivity contribution in [1.29, 1.82) is 0 Å². The van der Waals surface area contributed by atoms with Crippen molar-refractivity contribution in [3.63, 3.8) is 0 Å². The Hall–Kier alpha value is -1.88. The fraction of sp³-hybridized carbons (Fsp3) is 0.619. The van der Waals surface area contributed by atoms with Crippen LogP contribution in [0.5, 0.6) is 0 Å². The van der Waals surface area contributed by atoms with Gasteiger partial charge in [-0.25, -0.2) is 4.98 Å². The van der Waals surface area contributed by atoms with Gasteiger partial charge in [-0.3, -0.25) is 4.79 Å². The number of aryl methyl sites for hydroxylation is 2. The van der Waals surface area contributed by atoms with Crippen LogP contribution < -0.4 is 0 Å². The minimum atomic E-state index is 0.0250. The molecular weight excluding hydrogens is 326 g/mol. The Morgan fingerprint density at radius 3 is 2.23 bits per heavy atom. The van der Waals surface area contributed by atoms with E-state index < -0.39 is 0 Å². The first kappa shape index (κ1) is 20.4. The topological polar surface area (TPSA) is 58.4 Å². The minimum absolute atomic E-state index is 0.0250. The van der Waals surface area contributed by atoms with Gasteiger partial charge in [0.1, 0.15) is 12.4 Å². The van der Waals surface area contributed by atoms with Crippen molar-refractivity contribution in [3.8, 4) is 0 Å². The van der Waals surface area contributed by atoms with Gasteiger partial charge in [0.15, 0.2) is 0 Å². The summed E-state index contributed by atoms with van der Waals surface area (Å²) in [4.78, 5) is 19.7. The number of hydrogen-bond acceptors (Lipinski definition) is 3. The molecule has 1 N–H and O–H groups in total. The summed E-state index contributed by atoms with van der Waals surface area (Å²) in [5, 5.41) is 9.41. The molecule has 5 nitrogen and oxygen atoms in total. The summed E-state index contributed by atoms with van der Waals surface area (Å²) in [7, 11) is 0. The third kappa shape index (κ3) is 4.85. The lowest BCUT2D eigenvalue weighted by Crippen LogP contribution is -2.39. The molecule has 0 aliphatic heterocycles. The van der Waals surface area contributed by atoms with Crippen LogP contribution in [0.15, 0.2) is 12.1 Å². The highest BCUT2D eigenvalue weighted by Crippen LogP contribution is 2.22. The first-order valence-corrected chi connectivity index (χ1v) is 9.57. The van der Waals surface area contributed by atoms with Gasteiger partial charge in [0.25, 0.3) is 0 Å². The lowest BCUT2D eigenvalue weighted by Gasteiger charge is -2.27. The molecule has 0 aliphatic carbocycles. The van der Waals surface area contributed by atoms with Crippen molar-refractivity contribution in [2.75, 3.05) is 19.7 Å². The second-order valence-electron chi connectivity index (χ2n) is 8.10. The Morgan fingerprint density at radius 1 is 1.12 bits per heavy atom. The summed E-state index contributed by atoms with van der Waals surface area (Å²) in [5.41, 5.74) is 4.23. The number of carbonyl (C=O) groups excluding carboxylic acids is 1. The molecule has 0 spiro atoms. The number of aromatic nitrogens is 2. The second kappa shape index (κ2) is 8.67. The van der Waals surface area contributed by atoms with Crippen LogP contribution in [0.1, 0.15) is 44.6 Å². The minimum Gasteiger partial charge on any atom is -0.396 e. The number of hydrogen-bond donors (Lipinski definition) is 1. The second-order valence-corrected chi connectivity index (χ2v) is 8.10. The molecule has 2 aromatic rings. The van der Waals surface area contributed by atoms with E-state index >= 15 is 0 Å². The van der Waals surface area contributed by atoms with Gasteiger partial charge in [0, 0.05) is 19.5 Å². The molecule has 1 amide bonds. The molecular formula is C21H33N3O2. The Kier molecular flexibility index (Phi) is 6.81. The number of nitrogens with zero attached hydrogens (tertiary/aromatic N) is 3. The summed E-state index contributed by atoms with van der Waals surface area (Å²) >= 11 is 0. The van der Waals surface area contributed by atoms with Gasteiger partial charge in [0.05, 0.1) is 17.6 Å².